The van der Waals surface area contributed by atoms with Gasteiger partial charge in [0.1, 0.15) is 11.5 Å². The number of phenolic OH excluding ortho intramolecular Hbond substituents is 1. The van der Waals surface area contributed by atoms with Crippen LogP contribution in [0.15, 0.2) is 36.1 Å². The van der Waals surface area contributed by atoms with Crippen LogP contribution in [0.3, 0.4) is 0 Å². The van der Waals surface area contributed by atoms with Gasteiger partial charge in [0, 0.05) is 25.2 Å². The zero-order valence-corrected chi connectivity index (χ0v) is 18.5. The second-order valence-corrected chi connectivity index (χ2v) is 8.60. The lowest BCUT2D eigenvalue weighted by Crippen LogP contribution is -2.38. The Morgan fingerprint density at radius 3 is 2.55 bits per heavy atom. The average Bonchev–Trinajstić information content (AvgIpc) is 3.05. The number of Topliss-reactive ketones (excluding diaryl/α,β-unsaturated/α-hetero) is 1. The van der Waals surface area contributed by atoms with Gasteiger partial charge in [0.15, 0.2) is 17.3 Å². The van der Waals surface area contributed by atoms with Crippen molar-refractivity contribution >= 4 is 11.9 Å². The Balaban J connectivity index is 1.67. The van der Waals surface area contributed by atoms with Gasteiger partial charge in [-0.2, -0.15) is 0 Å². The van der Waals surface area contributed by atoms with Crippen LogP contribution in [0.5, 0.6) is 23.0 Å². The second-order valence-electron chi connectivity index (χ2n) is 8.60. The summed E-state index contributed by atoms with van der Waals surface area (Å²) in [6.45, 7) is 6.98. The Morgan fingerprint density at radius 2 is 1.87 bits per heavy atom. The number of ketones is 1. The summed E-state index contributed by atoms with van der Waals surface area (Å²) in [5.74, 6) is 2.90. The van der Waals surface area contributed by atoms with Crippen molar-refractivity contribution in [1.29, 1.82) is 0 Å². The molecule has 1 N–H and O–H groups in total. The molecular formula is C25H29NO5. The Bertz CT molecular complexity index is 1020. The predicted octanol–water partition coefficient (Wildman–Crippen LogP) is 4.50. The molecule has 4 rings (SSSR count). The molecule has 0 aromatic heterocycles. The van der Waals surface area contributed by atoms with Gasteiger partial charge < -0.3 is 19.3 Å². The number of fused-ring (bicyclic) bond motifs is 1. The molecule has 0 bridgehead atoms. The van der Waals surface area contributed by atoms with Crippen molar-refractivity contribution in [1.82, 2.24) is 4.90 Å². The molecule has 1 saturated heterocycles. The number of piperidine rings is 1. The maximum absolute atomic E-state index is 13.1. The van der Waals surface area contributed by atoms with Crippen LogP contribution in [-0.4, -0.2) is 43.1 Å². The molecule has 0 radical (unpaired) electrons. The smallest absolute Gasteiger partial charge is 0.231 e. The zero-order valence-electron chi connectivity index (χ0n) is 18.5. The number of allylic oxidation sites excluding steroid dienone is 1. The molecule has 164 valence electrons. The van der Waals surface area contributed by atoms with Crippen molar-refractivity contribution in [3.63, 3.8) is 0 Å². The molecular weight excluding hydrogens is 394 g/mol. The number of para-hydroxylation sites is 1. The molecule has 2 aliphatic rings. The van der Waals surface area contributed by atoms with Gasteiger partial charge in [-0.25, -0.2) is 0 Å². The first-order valence-corrected chi connectivity index (χ1v) is 10.6. The molecule has 0 amide bonds. The van der Waals surface area contributed by atoms with Gasteiger partial charge in [-0.15, -0.1) is 0 Å². The molecule has 6 nitrogen and oxygen atoms in total. The van der Waals surface area contributed by atoms with E-state index in [1.807, 2.05) is 12.1 Å². The van der Waals surface area contributed by atoms with Crippen LogP contribution in [0, 0.1) is 11.8 Å². The van der Waals surface area contributed by atoms with Crippen molar-refractivity contribution < 1.29 is 24.1 Å². The standard InChI is InChI=1S/C25H29NO5/c1-15-10-16(2)13-26(12-15)14-19-20(27)9-8-18-23(28)22(31-25(18)19)11-17-6-5-7-21(29-3)24(17)30-4/h5-9,11,15-16,27H,10,12-14H2,1-4H3/b22-11-/t15-,16+. The third-order valence-electron chi connectivity index (χ3n) is 5.96. The van der Waals surface area contributed by atoms with E-state index in [1.165, 1.54) is 6.42 Å². The van der Waals surface area contributed by atoms with E-state index in [0.29, 0.717) is 52.3 Å². The fourth-order valence-corrected chi connectivity index (χ4v) is 4.76. The summed E-state index contributed by atoms with van der Waals surface area (Å²) in [5.41, 5.74) is 1.81. The number of aromatic hydroxyl groups is 1. The molecule has 2 atom stereocenters. The van der Waals surface area contributed by atoms with Crippen LogP contribution in [0.1, 0.15) is 41.8 Å². The molecule has 1 fully saturated rings. The normalized spacial score (nSPS) is 22.3. The highest BCUT2D eigenvalue weighted by Crippen LogP contribution is 2.41. The summed E-state index contributed by atoms with van der Waals surface area (Å²) in [5, 5.41) is 10.6. The Morgan fingerprint density at radius 1 is 1.13 bits per heavy atom. The fourth-order valence-electron chi connectivity index (χ4n) is 4.76. The van der Waals surface area contributed by atoms with E-state index >= 15 is 0 Å². The summed E-state index contributed by atoms with van der Waals surface area (Å²) in [6.07, 6.45) is 2.87. The number of phenols is 1. The summed E-state index contributed by atoms with van der Waals surface area (Å²) in [7, 11) is 3.13. The first kappa shape index (κ1) is 21.2. The molecule has 2 aromatic rings. The first-order chi connectivity index (χ1) is 14.9. The van der Waals surface area contributed by atoms with Crippen molar-refractivity contribution in [2.45, 2.75) is 26.8 Å². The quantitative estimate of drug-likeness (QED) is 0.714. The van der Waals surface area contributed by atoms with Gasteiger partial charge in [0.05, 0.1) is 25.3 Å². The molecule has 0 aliphatic carbocycles. The number of methoxy groups -OCH3 is 2. The van der Waals surface area contributed by atoms with Crippen LogP contribution < -0.4 is 14.2 Å². The maximum atomic E-state index is 13.1. The number of likely N-dealkylation sites (tertiary alicyclic amines) is 1. The number of nitrogens with zero attached hydrogens (tertiary/aromatic N) is 1. The van der Waals surface area contributed by atoms with Crippen LogP contribution in [-0.2, 0) is 6.54 Å². The molecule has 0 saturated carbocycles. The van der Waals surface area contributed by atoms with Crippen LogP contribution in [0.2, 0.25) is 0 Å². The van der Waals surface area contributed by atoms with E-state index in [2.05, 4.69) is 18.7 Å². The fraction of sp³-hybridized carbons (Fsp3) is 0.400. The van der Waals surface area contributed by atoms with Crippen molar-refractivity contribution in [2.75, 3.05) is 27.3 Å². The molecule has 0 spiro atoms. The van der Waals surface area contributed by atoms with Crippen LogP contribution in [0.25, 0.3) is 6.08 Å². The number of carbonyl (C=O) groups excluding carboxylic acids is 1. The highest BCUT2D eigenvalue weighted by atomic mass is 16.5. The van der Waals surface area contributed by atoms with Gasteiger partial charge in [-0.1, -0.05) is 26.0 Å². The summed E-state index contributed by atoms with van der Waals surface area (Å²) < 4.78 is 16.9. The lowest BCUT2D eigenvalue weighted by atomic mass is 9.91. The van der Waals surface area contributed by atoms with Gasteiger partial charge in [-0.3, -0.25) is 9.69 Å². The molecule has 2 aromatic carbocycles. The van der Waals surface area contributed by atoms with Crippen LogP contribution >= 0.6 is 0 Å². The lowest BCUT2D eigenvalue weighted by molar-refractivity contribution is 0.101. The number of benzene rings is 2. The second kappa shape index (κ2) is 8.63. The van der Waals surface area contributed by atoms with Crippen molar-refractivity contribution in [3.05, 3.63) is 52.8 Å². The number of hydrogen-bond acceptors (Lipinski definition) is 6. The topological polar surface area (TPSA) is 68.2 Å². The number of carbonyl (C=O) groups is 1. The first-order valence-electron chi connectivity index (χ1n) is 10.6. The predicted molar refractivity (Wildman–Crippen MR) is 119 cm³/mol. The zero-order chi connectivity index (χ0) is 22.1. The molecule has 31 heavy (non-hydrogen) atoms. The summed E-state index contributed by atoms with van der Waals surface area (Å²) in [4.78, 5) is 15.4. The molecule has 2 aliphatic heterocycles. The van der Waals surface area contributed by atoms with Gasteiger partial charge in [0.2, 0.25) is 5.78 Å². The molecule has 2 heterocycles. The van der Waals surface area contributed by atoms with Crippen molar-refractivity contribution in [3.8, 4) is 23.0 Å². The highest BCUT2D eigenvalue weighted by Gasteiger charge is 2.33. The summed E-state index contributed by atoms with van der Waals surface area (Å²) >= 11 is 0. The van der Waals surface area contributed by atoms with E-state index in [1.54, 1.807) is 38.5 Å². The minimum atomic E-state index is -0.207. The Kier molecular flexibility index (Phi) is 5.92. The maximum Gasteiger partial charge on any atom is 0.231 e. The van der Waals surface area contributed by atoms with E-state index in [0.717, 1.165) is 13.1 Å². The van der Waals surface area contributed by atoms with Gasteiger partial charge in [0.25, 0.3) is 0 Å². The number of rotatable bonds is 5. The third kappa shape index (κ3) is 4.12. The molecule has 0 unspecified atom stereocenters. The minimum Gasteiger partial charge on any atom is -0.507 e. The van der Waals surface area contributed by atoms with Crippen molar-refractivity contribution in [2.24, 2.45) is 11.8 Å². The van der Waals surface area contributed by atoms with Gasteiger partial charge in [-0.05, 0) is 42.5 Å². The average molecular weight is 424 g/mol. The van der Waals surface area contributed by atoms with Crippen LogP contribution in [0.4, 0.5) is 0 Å². The summed E-state index contributed by atoms with van der Waals surface area (Å²) in [6, 6.07) is 8.67. The number of hydrogen-bond donors (Lipinski definition) is 1. The Labute approximate surface area is 183 Å². The molecule has 6 heteroatoms. The third-order valence-corrected chi connectivity index (χ3v) is 5.96. The minimum absolute atomic E-state index is 0.151. The van der Waals surface area contributed by atoms with E-state index in [9.17, 15) is 9.90 Å². The van der Waals surface area contributed by atoms with E-state index in [4.69, 9.17) is 14.2 Å². The monoisotopic (exact) mass is 423 g/mol. The lowest BCUT2D eigenvalue weighted by Gasteiger charge is -2.35. The van der Waals surface area contributed by atoms with E-state index in [-0.39, 0.29) is 17.3 Å². The van der Waals surface area contributed by atoms with E-state index < -0.39 is 0 Å². The highest BCUT2D eigenvalue weighted by molar-refractivity contribution is 6.15. The number of ether oxygens (including phenoxy) is 3. The Hall–Kier alpha value is -2.99. The largest absolute Gasteiger partial charge is 0.507 e. The SMILES string of the molecule is COc1cccc(/C=C2\Oc3c(ccc(O)c3CN3C[C@H](C)C[C@H](C)C3)C2=O)c1OC. The van der Waals surface area contributed by atoms with Gasteiger partial charge >= 0.3 is 0 Å².